The molecule has 0 aliphatic carbocycles. The zero-order chi connectivity index (χ0) is 19.4. The predicted octanol–water partition coefficient (Wildman–Crippen LogP) is -6.76. The molecule has 0 aliphatic heterocycles. The Balaban J connectivity index is 0. The van der Waals surface area contributed by atoms with Crippen LogP contribution in [-0.2, 0) is 9.59 Å². The summed E-state index contributed by atoms with van der Waals surface area (Å²) < 4.78 is 0. The minimum Gasteiger partial charge on any atom is -0.394 e. The average Bonchev–Trinajstić information content (AvgIpc) is 2.62. The van der Waals surface area contributed by atoms with E-state index in [0.717, 1.165) is 0 Å². The van der Waals surface area contributed by atoms with Gasteiger partial charge in [-0.05, 0) is 0 Å². The number of aliphatic hydroxyl groups excluding tert-OH is 10. The highest BCUT2D eigenvalue weighted by molar-refractivity contribution is 5.57. The number of hydrogen-bond donors (Lipinski definition) is 10. The molecule has 0 rings (SSSR count). The lowest BCUT2D eigenvalue weighted by Crippen LogP contribution is -2.46. The molecule has 10 N–H and O–H groups in total. The highest BCUT2D eigenvalue weighted by Gasteiger charge is 2.30. The first-order valence-electron chi connectivity index (χ1n) is 6.65. The summed E-state index contributed by atoms with van der Waals surface area (Å²) in [4.78, 5) is 19.8. The molecule has 144 valence electrons. The molecule has 12 heteroatoms. The molecule has 0 radical (unpaired) electrons. The molecule has 0 bridgehead atoms. The molecule has 0 saturated heterocycles. The van der Waals surface area contributed by atoms with Crippen LogP contribution >= 0.6 is 0 Å². The highest BCUT2D eigenvalue weighted by atomic mass is 16.4. The second kappa shape index (κ2) is 13.3. The third-order valence-electron chi connectivity index (χ3n) is 2.84. The van der Waals surface area contributed by atoms with Crippen LogP contribution in [0.25, 0.3) is 0 Å². The number of carbonyl (C=O) groups excluding carboxylic acids is 2. The molecule has 0 fully saturated rings. The van der Waals surface area contributed by atoms with Crippen molar-refractivity contribution in [2.24, 2.45) is 0 Å². The van der Waals surface area contributed by atoms with E-state index in [-0.39, 0.29) is 12.6 Å². The zero-order valence-electron chi connectivity index (χ0n) is 12.5. The standard InChI is InChI=1S/2C6H12O6/c2*7-1-3(9)5(11)6(12)4(10)2-8/h2*1,3-6,8-12H,2H2/t2*3-,4+,5+,6-/m00/s1. The lowest BCUT2D eigenvalue weighted by molar-refractivity contribution is -0.136. The minimum absolute atomic E-state index is 0.0258. The maximum atomic E-state index is 9.90. The molecule has 12 nitrogen and oxygen atoms in total. The van der Waals surface area contributed by atoms with E-state index in [0.29, 0.717) is 0 Å². The van der Waals surface area contributed by atoms with Crippen LogP contribution in [0.1, 0.15) is 0 Å². The maximum absolute atomic E-state index is 9.90. The molecule has 0 amide bonds. The van der Waals surface area contributed by atoms with Crippen molar-refractivity contribution in [2.45, 2.75) is 48.8 Å². The van der Waals surface area contributed by atoms with Crippen LogP contribution < -0.4 is 0 Å². The van der Waals surface area contributed by atoms with Crippen molar-refractivity contribution < 1.29 is 60.7 Å². The van der Waals surface area contributed by atoms with E-state index in [2.05, 4.69) is 0 Å². The van der Waals surface area contributed by atoms with E-state index in [1.54, 1.807) is 0 Å². The quantitative estimate of drug-likeness (QED) is 0.164. The second-order valence-corrected chi connectivity index (χ2v) is 4.72. The van der Waals surface area contributed by atoms with Crippen LogP contribution in [0.2, 0.25) is 0 Å². The van der Waals surface area contributed by atoms with Crippen molar-refractivity contribution in [2.75, 3.05) is 13.2 Å². The summed E-state index contributed by atoms with van der Waals surface area (Å²) >= 11 is 0. The van der Waals surface area contributed by atoms with Crippen LogP contribution in [-0.4, -0.2) is 126 Å². The van der Waals surface area contributed by atoms with Crippen molar-refractivity contribution in [1.29, 1.82) is 0 Å². The van der Waals surface area contributed by atoms with Gasteiger partial charge >= 0.3 is 0 Å². The van der Waals surface area contributed by atoms with Gasteiger partial charge in [0.05, 0.1) is 13.2 Å². The van der Waals surface area contributed by atoms with Gasteiger partial charge in [0.2, 0.25) is 0 Å². The van der Waals surface area contributed by atoms with Crippen molar-refractivity contribution in [1.82, 2.24) is 0 Å². The summed E-state index contributed by atoms with van der Waals surface area (Å²) in [5, 5.41) is 87.1. The van der Waals surface area contributed by atoms with E-state index < -0.39 is 62.0 Å². The Bertz CT molecular complexity index is 308. The Kier molecular flexibility index (Phi) is 13.9. The summed E-state index contributed by atoms with van der Waals surface area (Å²) in [6.07, 6.45) is -13.7. The first-order chi connectivity index (χ1) is 11.1. The molecule has 8 atom stereocenters. The third-order valence-corrected chi connectivity index (χ3v) is 2.84. The Hall–Kier alpha value is -1.06. The molecule has 0 aliphatic rings. The largest absolute Gasteiger partial charge is 0.394 e. The lowest BCUT2D eigenvalue weighted by Gasteiger charge is -2.22. The van der Waals surface area contributed by atoms with Crippen molar-refractivity contribution >= 4 is 12.6 Å². The fourth-order valence-corrected chi connectivity index (χ4v) is 1.24. The van der Waals surface area contributed by atoms with Gasteiger partial charge in [-0.15, -0.1) is 0 Å². The average molecular weight is 360 g/mol. The smallest absolute Gasteiger partial charge is 0.151 e. The van der Waals surface area contributed by atoms with Gasteiger partial charge in [0.1, 0.15) is 48.8 Å². The van der Waals surface area contributed by atoms with Crippen LogP contribution in [0.5, 0.6) is 0 Å². The van der Waals surface area contributed by atoms with Gasteiger partial charge in [-0.3, -0.25) is 0 Å². The Morgan fingerprint density at radius 3 is 0.958 bits per heavy atom. The molecule has 0 unspecified atom stereocenters. The summed E-state index contributed by atoms with van der Waals surface area (Å²) in [7, 11) is 0. The molecule has 0 spiro atoms. The molecular formula is C12H24O12. The predicted molar refractivity (Wildman–Crippen MR) is 74.4 cm³/mol. The highest BCUT2D eigenvalue weighted by Crippen LogP contribution is 2.03. The second-order valence-electron chi connectivity index (χ2n) is 4.72. The summed E-state index contributed by atoms with van der Waals surface area (Å²) in [5.74, 6) is 0. The fourth-order valence-electron chi connectivity index (χ4n) is 1.24. The number of carbonyl (C=O) groups is 2. The number of hydrogen-bond acceptors (Lipinski definition) is 12. The molecule has 0 aromatic rings. The van der Waals surface area contributed by atoms with E-state index in [1.807, 2.05) is 0 Å². The summed E-state index contributed by atoms with van der Waals surface area (Å²) in [5.41, 5.74) is 0. The van der Waals surface area contributed by atoms with E-state index in [1.165, 1.54) is 0 Å². The lowest BCUT2D eigenvalue weighted by atomic mass is 10.0. The van der Waals surface area contributed by atoms with Gasteiger partial charge in [-0.2, -0.15) is 0 Å². The molecule has 0 aromatic carbocycles. The van der Waals surface area contributed by atoms with E-state index >= 15 is 0 Å². The Morgan fingerprint density at radius 1 is 0.542 bits per heavy atom. The summed E-state index contributed by atoms with van der Waals surface area (Å²) in [6, 6.07) is 0. The van der Waals surface area contributed by atoms with Gasteiger partial charge in [0, 0.05) is 0 Å². The van der Waals surface area contributed by atoms with Crippen molar-refractivity contribution in [3.63, 3.8) is 0 Å². The van der Waals surface area contributed by atoms with E-state index in [9.17, 15) is 9.59 Å². The fraction of sp³-hybridized carbons (Fsp3) is 0.833. The van der Waals surface area contributed by atoms with Crippen LogP contribution in [0.4, 0.5) is 0 Å². The Morgan fingerprint density at radius 2 is 0.792 bits per heavy atom. The molecule has 0 aromatic heterocycles. The van der Waals surface area contributed by atoms with Crippen LogP contribution in [0.15, 0.2) is 0 Å². The minimum atomic E-state index is -1.79. The normalized spacial score (nSPS) is 21.1. The number of aldehydes is 2. The van der Waals surface area contributed by atoms with E-state index in [4.69, 9.17) is 51.1 Å². The Labute approximate surface area is 136 Å². The third kappa shape index (κ3) is 8.70. The van der Waals surface area contributed by atoms with Crippen LogP contribution in [0, 0.1) is 0 Å². The summed E-state index contributed by atoms with van der Waals surface area (Å²) in [6.45, 7) is -1.52. The number of aliphatic hydroxyl groups is 10. The first-order valence-corrected chi connectivity index (χ1v) is 6.65. The molecule has 0 heterocycles. The molecule has 0 saturated carbocycles. The molecule has 24 heavy (non-hydrogen) atoms. The SMILES string of the molecule is O=C[C@H](O)[C@@H](O)[C@@H](O)[C@H](O)CO.O=C[C@H](O)[C@@H](O)[C@@H](O)[C@H](O)CO. The molecular weight excluding hydrogens is 336 g/mol. The first kappa shape index (κ1) is 25.2. The van der Waals surface area contributed by atoms with Crippen molar-refractivity contribution in [3.05, 3.63) is 0 Å². The van der Waals surface area contributed by atoms with Gasteiger partial charge in [0.15, 0.2) is 12.6 Å². The van der Waals surface area contributed by atoms with Gasteiger partial charge in [-0.25, -0.2) is 0 Å². The van der Waals surface area contributed by atoms with Gasteiger partial charge < -0.3 is 60.7 Å². The van der Waals surface area contributed by atoms with Crippen LogP contribution in [0.3, 0.4) is 0 Å². The number of rotatable bonds is 10. The zero-order valence-corrected chi connectivity index (χ0v) is 12.5. The maximum Gasteiger partial charge on any atom is 0.151 e. The monoisotopic (exact) mass is 360 g/mol. The van der Waals surface area contributed by atoms with Gasteiger partial charge in [0.25, 0.3) is 0 Å². The topological polar surface area (TPSA) is 236 Å². The van der Waals surface area contributed by atoms with Gasteiger partial charge in [-0.1, -0.05) is 0 Å². The van der Waals surface area contributed by atoms with Crippen molar-refractivity contribution in [3.8, 4) is 0 Å².